The molecule has 0 aromatic heterocycles. The number of aryl methyl sites for hydroxylation is 9. The number of carbonyl (C=O) groups is 2. The van der Waals surface area contributed by atoms with Crippen LogP contribution >= 0.6 is 152 Å². The van der Waals surface area contributed by atoms with Gasteiger partial charge in [-0.2, -0.15) is 0 Å². The van der Waals surface area contributed by atoms with E-state index >= 15 is 0 Å². The average Bonchev–Trinajstić information content (AvgIpc) is 1.79. The number of rotatable bonds is 22. The Morgan fingerprint density at radius 2 is 0.669 bits per heavy atom. The molecule has 15 aromatic carbocycles. The summed E-state index contributed by atoms with van der Waals surface area (Å²) in [5.41, 5.74) is 21.6. The van der Waals surface area contributed by atoms with Gasteiger partial charge in [0.2, 0.25) is 0 Å². The van der Waals surface area contributed by atoms with Crippen molar-refractivity contribution >= 4 is 248 Å². The third kappa shape index (κ3) is 40.9. The molecule has 0 bridgehead atoms. The smallest absolute Gasteiger partial charge is 0.338 e. The highest BCUT2D eigenvalue weighted by Gasteiger charge is 2.21. The first-order valence-corrected chi connectivity index (χ1v) is 53.0. The Kier molecular flexibility index (Phi) is 49.0. The highest BCUT2D eigenvalue weighted by molar-refractivity contribution is 14.1. The summed E-state index contributed by atoms with van der Waals surface area (Å²) in [6.45, 7) is 23.4. The van der Waals surface area contributed by atoms with Crippen molar-refractivity contribution in [1.29, 1.82) is 0 Å². The molecule has 0 atom stereocenters. The Hall–Kier alpha value is -12.4. The van der Waals surface area contributed by atoms with Crippen molar-refractivity contribution in [3.8, 4) is 46.0 Å². The lowest BCUT2D eigenvalue weighted by atomic mass is 10.1. The molecule has 0 aliphatic heterocycles. The zero-order valence-electron chi connectivity index (χ0n) is 82.6. The third-order valence-corrected chi connectivity index (χ3v) is 26.0. The minimum absolute atomic E-state index is 0.000777. The van der Waals surface area contributed by atoms with Crippen LogP contribution in [0.2, 0.25) is 10.0 Å². The summed E-state index contributed by atoms with van der Waals surface area (Å²) in [7, 11) is 0. The highest BCUT2D eigenvalue weighted by Crippen LogP contribution is 2.36. The fourth-order valence-electron chi connectivity index (χ4n) is 13.2. The second kappa shape index (κ2) is 60.9. The molecule has 8 N–H and O–H groups in total. The van der Waals surface area contributed by atoms with Gasteiger partial charge in [0.05, 0.1) is 92.4 Å². The SMILES string of the molecule is CCOC(=O)c1ccc(N=Cc2cc(C)cc(Cl)c2O)cc1.CCOC(=O)c1cccc(N=Cc2cc(C)cc(I)c2O)c1.Cc1cc(Br)c(O)c(C=Nc2ccc(F)cc2)c1.Cc1cc(I)c(O)c(C=NCC2CC2)c1.Cc1cc(I)c(O)c(C=NCc2ccc(F)cc2)c1.Cc1cc(I)c(O)c(C=Nc2cccc(Cl)c2)c1.Cc1ccc(O)c(C=Nc2ccccc2)c1.Cc1cccc(N=Cc2cc(C)cc(I)c2O)c1. The van der Waals surface area contributed by atoms with Gasteiger partial charge in [-0.1, -0.05) is 89.4 Å². The quantitative estimate of drug-likeness (QED) is 0.0178. The maximum Gasteiger partial charge on any atom is 0.338 e. The monoisotopic (exact) mass is 2650 g/mol. The molecule has 148 heavy (non-hydrogen) atoms. The second-order valence-corrected chi connectivity index (χ2v) is 41.1. The zero-order valence-corrected chi connectivity index (χ0v) is 96.5. The summed E-state index contributed by atoms with van der Waals surface area (Å²) in [5, 5.41) is 79.9. The van der Waals surface area contributed by atoms with Gasteiger partial charge in [-0.25, -0.2) is 18.4 Å². The number of esters is 2. The number of phenols is 8. The number of hydrogen-bond acceptors (Lipinski definition) is 20. The van der Waals surface area contributed by atoms with Crippen LogP contribution in [0.4, 0.5) is 42.9 Å². The number of aliphatic imine (C=N–C) groups is 8. The Balaban J connectivity index is 0.000000188. The number of phenolic OH excluding ortho intramolecular Hbond substituents is 8. The van der Waals surface area contributed by atoms with Crippen molar-refractivity contribution in [2.75, 3.05) is 19.8 Å². The molecule has 1 fully saturated rings. The molecule has 20 nitrogen and oxygen atoms in total. The van der Waals surface area contributed by atoms with Gasteiger partial charge in [-0.15, -0.1) is 0 Å². The lowest BCUT2D eigenvalue weighted by Gasteiger charge is -2.04. The van der Waals surface area contributed by atoms with Crippen LogP contribution in [0.15, 0.2) is 323 Å². The van der Waals surface area contributed by atoms with E-state index in [4.69, 9.17) is 32.7 Å². The van der Waals surface area contributed by atoms with Gasteiger partial charge in [0.25, 0.3) is 0 Å². The summed E-state index contributed by atoms with van der Waals surface area (Å²) < 4.78 is 40.1. The fourth-order valence-corrected chi connectivity index (χ4v) is 18.3. The van der Waals surface area contributed by atoms with Crippen molar-refractivity contribution in [3.63, 3.8) is 0 Å². The maximum absolute atomic E-state index is 12.7. The molecule has 0 heterocycles. The summed E-state index contributed by atoms with van der Waals surface area (Å²) in [5.74, 6) is 1.27. The first-order chi connectivity index (χ1) is 70.7. The molecule has 30 heteroatoms. The fraction of sp³-hybridized carbons (Fsp3) is 0.153. The van der Waals surface area contributed by atoms with Crippen LogP contribution in [0.1, 0.15) is 148 Å². The number of nitrogens with zero attached hydrogens (tertiary/aromatic N) is 8. The Labute approximate surface area is 948 Å². The third-order valence-electron chi connectivity index (χ3n) is 20.8. The number of ether oxygens (including phenoxy) is 2. The highest BCUT2D eigenvalue weighted by atomic mass is 127. The minimum Gasteiger partial charge on any atom is -0.507 e. The van der Waals surface area contributed by atoms with Crippen LogP contribution < -0.4 is 0 Å². The van der Waals surface area contributed by atoms with E-state index in [2.05, 4.69) is 169 Å². The summed E-state index contributed by atoms with van der Waals surface area (Å²) in [4.78, 5) is 57.7. The Bertz CT molecular complexity index is 7240. The number of halogens is 10. The molecule has 0 radical (unpaired) electrons. The molecular formula is C118H108BrCl2F2I5N8O12. The topological polar surface area (TPSA) is 313 Å². The van der Waals surface area contributed by atoms with E-state index in [0.717, 1.165) is 114 Å². The Morgan fingerprint density at radius 3 is 1.11 bits per heavy atom. The van der Waals surface area contributed by atoms with Crippen LogP contribution in [0.3, 0.4) is 0 Å². The van der Waals surface area contributed by atoms with Crippen LogP contribution in [-0.4, -0.2) is 122 Å². The van der Waals surface area contributed by atoms with Gasteiger partial charge in [-0.05, 0) is 492 Å². The molecule has 762 valence electrons. The normalized spacial score (nSPS) is 11.5. The van der Waals surface area contributed by atoms with Crippen molar-refractivity contribution in [3.05, 3.63) is 434 Å². The van der Waals surface area contributed by atoms with E-state index in [1.54, 1.807) is 160 Å². The molecule has 16 rings (SSSR count). The van der Waals surface area contributed by atoms with Gasteiger partial charge >= 0.3 is 11.9 Å². The molecule has 15 aromatic rings. The van der Waals surface area contributed by atoms with Gasteiger partial charge < -0.3 is 50.3 Å². The van der Waals surface area contributed by atoms with Crippen LogP contribution in [-0.2, 0) is 16.0 Å². The molecule has 0 unspecified atom stereocenters. The lowest BCUT2D eigenvalue weighted by molar-refractivity contribution is 0.0517. The average molecular weight is 2650 g/mol. The van der Waals surface area contributed by atoms with Crippen molar-refractivity contribution in [1.82, 2.24) is 0 Å². The molecule has 1 aliphatic rings. The molecule has 0 amide bonds. The first-order valence-electron chi connectivity index (χ1n) is 46.1. The zero-order chi connectivity index (χ0) is 108. The van der Waals surface area contributed by atoms with Crippen LogP contribution in [0.25, 0.3) is 0 Å². The Morgan fingerprint density at radius 1 is 0.331 bits per heavy atom. The van der Waals surface area contributed by atoms with Gasteiger partial charge in [0.15, 0.2) is 0 Å². The van der Waals surface area contributed by atoms with E-state index in [1.807, 2.05) is 214 Å². The van der Waals surface area contributed by atoms with Crippen molar-refractivity contribution in [2.24, 2.45) is 45.9 Å². The second-order valence-electron chi connectivity index (χ2n) is 33.6. The van der Waals surface area contributed by atoms with Crippen molar-refractivity contribution in [2.45, 2.75) is 95.5 Å². The molecule has 1 saturated carbocycles. The summed E-state index contributed by atoms with van der Waals surface area (Å²) >= 11 is 25.6. The predicted molar refractivity (Wildman–Crippen MR) is 646 cm³/mol. The number of carbonyl (C=O) groups excluding carboxylic acids is 2. The van der Waals surface area contributed by atoms with Crippen LogP contribution in [0, 0.1) is 97.7 Å². The minimum atomic E-state index is -0.368. The number of para-hydroxylation sites is 1. The molecular weight excluding hydrogens is 2540 g/mol. The van der Waals surface area contributed by atoms with E-state index < -0.39 is 0 Å². The predicted octanol–water partition coefficient (Wildman–Crippen LogP) is 32.6. The van der Waals surface area contributed by atoms with E-state index in [0.29, 0.717) is 96.0 Å². The molecule has 1 aliphatic carbocycles. The largest absolute Gasteiger partial charge is 0.507 e. The first kappa shape index (κ1) is 119. The van der Waals surface area contributed by atoms with E-state index in [1.165, 1.54) is 48.9 Å². The summed E-state index contributed by atoms with van der Waals surface area (Å²) in [6.07, 6.45) is 15.8. The van der Waals surface area contributed by atoms with Crippen molar-refractivity contribution < 1.29 is 68.7 Å². The molecule has 0 spiro atoms. The lowest BCUT2D eigenvalue weighted by Crippen LogP contribution is -2.03. The molecule has 0 saturated heterocycles. The summed E-state index contributed by atoms with van der Waals surface area (Å²) in [6, 6.07) is 82.3. The van der Waals surface area contributed by atoms with E-state index in [9.17, 15) is 59.2 Å². The van der Waals surface area contributed by atoms with Crippen LogP contribution in [0.5, 0.6) is 46.0 Å². The maximum atomic E-state index is 12.7. The van der Waals surface area contributed by atoms with Gasteiger partial charge in [0.1, 0.15) is 57.6 Å². The van der Waals surface area contributed by atoms with Gasteiger partial charge in [-0.3, -0.25) is 39.9 Å². The number of aromatic hydroxyl groups is 8. The standard InChI is InChI=1S/C17H16ClNO3.C17H16INO3.C15H13FINO.C15H14INO.C14H11BrFNO.C14H11ClINO.C14H13NO.C12H14INO/c1-3-22-17(21)12-4-6-14(7-5-12)19-10-13-8-11(2)9-15(18)16(13)20;1-3-22-17(21)12-5-4-6-14(9-12)19-10-13-7-11(2)8-15(18)16(13)20;1-10-6-12(15(19)14(17)7-10)9-18-8-11-2-4-13(16)5-3-11;1-10-4-3-5-13(7-10)17-9-12-6-11(2)8-14(16)15(12)18;1-9-6-10(14(18)13(15)7-9)8-17-12-4-2-11(16)3-5-12;1-9-5-10(14(18)13(16)6-9)8-17-12-4-2-3-11(15)7-12;1-11-7-8-14(16)12(9-11)10-15-13-5-3-2-4-6-13;1-8-4-10(12(15)11(13)5-8)7-14-6-9-2-3-9/h2*4-10,20H,3H2,1-2H3;2-7,9,19H,8H2,1H3;3-9,18H,1-2H3;2*2-8,18H,1H3;2-10,16H,1H3;4-5,7,9,15H,2-3,6H2,1H3. The number of hydrogen-bond donors (Lipinski definition) is 8. The number of benzene rings is 15. The van der Waals surface area contributed by atoms with E-state index in [-0.39, 0.29) is 63.8 Å². The van der Waals surface area contributed by atoms with Gasteiger partial charge in [0, 0.05) is 106 Å².